The van der Waals surface area contributed by atoms with Gasteiger partial charge in [0.25, 0.3) is 0 Å². The van der Waals surface area contributed by atoms with Crippen molar-refractivity contribution < 1.29 is 9.18 Å². The third-order valence-corrected chi connectivity index (χ3v) is 5.74. The molecule has 2 aromatic carbocycles. The van der Waals surface area contributed by atoms with Gasteiger partial charge in [0.2, 0.25) is 5.91 Å². The van der Waals surface area contributed by atoms with Crippen molar-refractivity contribution in [2.45, 2.75) is 5.16 Å². The van der Waals surface area contributed by atoms with Crippen LogP contribution in [-0.2, 0) is 18.9 Å². The fourth-order valence-corrected chi connectivity index (χ4v) is 3.91. The van der Waals surface area contributed by atoms with Crippen molar-refractivity contribution in [3.8, 4) is 22.6 Å². The number of aryl methyl sites for hydroxylation is 1. The highest BCUT2D eigenvalue weighted by atomic mass is 35.5. The van der Waals surface area contributed by atoms with Crippen molar-refractivity contribution in [1.82, 2.24) is 24.5 Å². The molecule has 158 valence electrons. The summed E-state index contributed by atoms with van der Waals surface area (Å²) in [4.78, 5) is 12.3. The predicted molar refractivity (Wildman–Crippen MR) is 119 cm³/mol. The van der Waals surface area contributed by atoms with Crippen LogP contribution in [0.1, 0.15) is 0 Å². The number of amides is 1. The summed E-state index contributed by atoms with van der Waals surface area (Å²) >= 11 is 6.94. The number of thioether (sulfide) groups is 1. The molecule has 4 rings (SSSR count). The molecule has 0 bridgehead atoms. The summed E-state index contributed by atoms with van der Waals surface area (Å²) in [5.41, 5.74) is 2.69. The average molecular weight is 457 g/mol. The van der Waals surface area contributed by atoms with Crippen molar-refractivity contribution in [3.63, 3.8) is 0 Å². The number of hydrogen-bond acceptors (Lipinski definition) is 5. The van der Waals surface area contributed by atoms with Crippen molar-refractivity contribution in [2.75, 3.05) is 11.1 Å². The number of anilines is 1. The second kappa shape index (κ2) is 8.91. The Bertz CT molecular complexity index is 1240. The molecule has 7 nitrogen and oxygen atoms in total. The van der Waals surface area contributed by atoms with E-state index in [1.165, 1.54) is 23.9 Å². The van der Waals surface area contributed by atoms with E-state index in [0.717, 1.165) is 22.9 Å². The summed E-state index contributed by atoms with van der Waals surface area (Å²) in [5, 5.41) is 16.4. The molecule has 0 spiro atoms. The highest BCUT2D eigenvalue weighted by molar-refractivity contribution is 7.99. The minimum atomic E-state index is -0.586. The Morgan fingerprint density at radius 1 is 1.16 bits per heavy atom. The number of carbonyl (C=O) groups is 1. The van der Waals surface area contributed by atoms with Crippen LogP contribution in [0.2, 0.25) is 5.02 Å². The van der Waals surface area contributed by atoms with Gasteiger partial charge in [-0.3, -0.25) is 9.48 Å². The van der Waals surface area contributed by atoms with Crippen molar-refractivity contribution in [1.29, 1.82) is 0 Å². The number of benzene rings is 2. The lowest BCUT2D eigenvalue weighted by atomic mass is 10.1. The fourth-order valence-electron chi connectivity index (χ4n) is 3.04. The Kier molecular flexibility index (Phi) is 6.06. The van der Waals surface area contributed by atoms with Crippen LogP contribution >= 0.6 is 23.4 Å². The molecule has 10 heteroatoms. The molecule has 0 fully saturated rings. The Labute approximate surface area is 187 Å². The van der Waals surface area contributed by atoms with E-state index in [9.17, 15) is 9.18 Å². The minimum absolute atomic E-state index is 0.0482. The van der Waals surface area contributed by atoms with Gasteiger partial charge in [-0.15, -0.1) is 10.2 Å². The molecule has 0 aliphatic rings. The summed E-state index contributed by atoms with van der Waals surface area (Å²) in [6.07, 6.45) is 1.89. The van der Waals surface area contributed by atoms with E-state index in [4.69, 9.17) is 11.6 Å². The smallest absolute Gasteiger partial charge is 0.234 e. The van der Waals surface area contributed by atoms with Gasteiger partial charge in [0, 0.05) is 30.9 Å². The van der Waals surface area contributed by atoms with Crippen LogP contribution < -0.4 is 5.32 Å². The maximum atomic E-state index is 13.9. The van der Waals surface area contributed by atoms with E-state index in [0.29, 0.717) is 11.0 Å². The molecule has 4 aromatic rings. The zero-order chi connectivity index (χ0) is 22.0. The van der Waals surface area contributed by atoms with Gasteiger partial charge in [-0.1, -0.05) is 53.7 Å². The maximum Gasteiger partial charge on any atom is 0.234 e. The fraction of sp³-hybridized carbons (Fsp3) is 0.143. The van der Waals surface area contributed by atoms with Gasteiger partial charge in [0.15, 0.2) is 11.0 Å². The molecule has 0 radical (unpaired) electrons. The van der Waals surface area contributed by atoms with Gasteiger partial charge in [-0.25, -0.2) is 4.39 Å². The number of aromatic nitrogens is 5. The van der Waals surface area contributed by atoms with Crippen molar-refractivity contribution >= 4 is 35.0 Å². The largest absolute Gasteiger partial charge is 0.323 e. The molecule has 0 aliphatic carbocycles. The van der Waals surface area contributed by atoms with E-state index in [1.807, 2.05) is 55.2 Å². The van der Waals surface area contributed by atoms with E-state index in [-0.39, 0.29) is 22.4 Å². The first-order valence-corrected chi connectivity index (χ1v) is 10.7. The van der Waals surface area contributed by atoms with Crippen LogP contribution in [0.3, 0.4) is 0 Å². The molecule has 0 saturated carbocycles. The van der Waals surface area contributed by atoms with Gasteiger partial charge < -0.3 is 9.88 Å². The van der Waals surface area contributed by atoms with Crippen LogP contribution in [0.5, 0.6) is 0 Å². The summed E-state index contributed by atoms with van der Waals surface area (Å²) in [5.74, 6) is -0.260. The Balaban J connectivity index is 1.50. The molecule has 1 amide bonds. The molecule has 2 aromatic heterocycles. The molecule has 31 heavy (non-hydrogen) atoms. The van der Waals surface area contributed by atoms with Gasteiger partial charge >= 0.3 is 0 Å². The first kappa shape index (κ1) is 21.1. The van der Waals surface area contributed by atoms with E-state index in [1.54, 1.807) is 4.68 Å². The highest BCUT2D eigenvalue weighted by Gasteiger charge is 2.19. The van der Waals surface area contributed by atoms with Crippen LogP contribution in [-0.4, -0.2) is 36.2 Å². The summed E-state index contributed by atoms with van der Waals surface area (Å²) in [7, 11) is 3.68. The first-order chi connectivity index (χ1) is 14.9. The van der Waals surface area contributed by atoms with Crippen molar-refractivity contribution in [2.24, 2.45) is 14.1 Å². The molecule has 1 N–H and O–H groups in total. The van der Waals surface area contributed by atoms with Crippen LogP contribution in [0.4, 0.5) is 10.1 Å². The van der Waals surface area contributed by atoms with Gasteiger partial charge in [-0.2, -0.15) is 5.10 Å². The Hall–Kier alpha value is -3.17. The monoisotopic (exact) mass is 456 g/mol. The predicted octanol–water partition coefficient (Wildman–Crippen LogP) is 4.41. The van der Waals surface area contributed by atoms with Crippen LogP contribution in [0, 0.1) is 5.82 Å². The number of nitrogens with zero attached hydrogens (tertiary/aromatic N) is 5. The third-order valence-electron chi connectivity index (χ3n) is 4.49. The topological polar surface area (TPSA) is 77.6 Å². The molecule has 0 atom stereocenters. The molecular weight excluding hydrogens is 439 g/mol. The molecule has 0 saturated heterocycles. The summed E-state index contributed by atoms with van der Waals surface area (Å²) in [6, 6.07) is 13.9. The third kappa shape index (κ3) is 4.62. The van der Waals surface area contributed by atoms with Crippen LogP contribution in [0.25, 0.3) is 22.6 Å². The SMILES string of the molecule is Cn1cc(-c2nnc(SCC(=O)Nc3ccc(Cl)cc3F)n2C)c(-c2ccccc2)n1. The highest BCUT2D eigenvalue weighted by Crippen LogP contribution is 2.31. The van der Waals surface area contributed by atoms with Gasteiger partial charge in [0.05, 0.1) is 17.0 Å². The number of rotatable bonds is 6. The minimum Gasteiger partial charge on any atom is -0.323 e. The summed E-state index contributed by atoms with van der Waals surface area (Å²) < 4.78 is 17.4. The lowest BCUT2D eigenvalue weighted by Gasteiger charge is -2.07. The number of halogens is 2. The van der Waals surface area contributed by atoms with E-state index < -0.39 is 5.82 Å². The van der Waals surface area contributed by atoms with Gasteiger partial charge in [0.1, 0.15) is 11.5 Å². The maximum absolute atomic E-state index is 13.9. The normalized spacial score (nSPS) is 11.0. The quantitative estimate of drug-likeness (QED) is 0.435. The number of carbonyl (C=O) groups excluding carboxylic acids is 1. The lowest BCUT2D eigenvalue weighted by molar-refractivity contribution is -0.113. The van der Waals surface area contributed by atoms with Gasteiger partial charge in [-0.05, 0) is 18.2 Å². The molecule has 2 heterocycles. The van der Waals surface area contributed by atoms with E-state index in [2.05, 4.69) is 20.6 Å². The second-order valence-electron chi connectivity index (χ2n) is 6.76. The summed E-state index contributed by atoms with van der Waals surface area (Å²) in [6.45, 7) is 0. The molecule has 0 unspecified atom stereocenters. The molecule has 0 aliphatic heterocycles. The average Bonchev–Trinajstić information content (AvgIpc) is 3.31. The molecular formula is C21H18ClFN6OS. The number of hydrogen-bond donors (Lipinski definition) is 1. The first-order valence-electron chi connectivity index (χ1n) is 9.29. The zero-order valence-electron chi connectivity index (χ0n) is 16.7. The van der Waals surface area contributed by atoms with Crippen molar-refractivity contribution in [3.05, 3.63) is 65.6 Å². The zero-order valence-corrected chi connectivity index (χ0v) is 18.3. The van der Waals surface area contributed by atoms with E-state index >= 15 is 0 Å². The Morgan fingerprint density at radius 2 is 1.94 bits per heavy atom. The second-order valence-corrected chi connectivity index (χ2v) is 8.14. The standard InChI is InChI=1S/C21H18ClFN6OS/c1-28-11-15(19(27-28)13-6-4-3-5-7-13)20-25-26-21(29(20)2)31-12-18(30)24-17-9-8-14(22)10-16(17)23/h3-11H,12H2,1-2H3,(H,24,30). The number of nitrogens with one attached hydrogen (secondary N) is 1. The lowest BCUT2D eigenvalue weighted by Crippen LogP contribution is -2.15. The Morgan fingerprint density at radius 3 is 2.68 bits per heavy atom. The van der Waals surface area contributed by atoms with Crippen LogP contribution in [0.15, 0.2) is 59.9 Å².